The van der Waals surface area contributed by atoms with E-state index in [0.717, 1.165) is 11.8 Å². The quantitative estimate of drug-likeness (QED) is 0.901. The third-order valence-corrected chi connectivity index (χ3v) is 4.06. The number of aromatic nitrogens is 2. The van der Waals surface area contributed by atoms with Gasteiger partial charge in [0.05, 0.1) is 6.54 Å². The van der Waals surface area contributed by atoms with Crippen molar-refractivity contribution in [3.63, 3.8) is 0 Å². The van der Waals surface area contributed by atoms with E-state index < -0.39 is 11.9 Å². The van der Waals surface area contributed by atoms with E-state index in [2.05, 4.69) is 15.5 Å². The van der Waals surface area contributed by atoms with Gasteiger partial charge in [0.2, 0.25) is 5.91 Å². The fourth-order valence-corrected chi connectivity index (χ4v) is 2.71. The maximum absolute atomic E-state index is 12.5. The number of piperazine rings is 1. The first-order chi connectivity index (χ1) is 12.4. The number of nitrogens with zero attached hydrogens (tertiary/aromatic N) is 4. The highest BCUT2D eigenvalue weighted by molar-refractivity contribution is 5.92. The highest BCUT2D eigenvalue weighted by Gasteiger charge is 2.33. The van der Waals surface area contributed by atoms with Crippen molar-refractivity contribution in [3.8, 4) is 0 Å². The molecule has 1 aromatic heterocycles. The molecule has 0 saturated carbocycles. The normalized spacial score (nSPS) is 15.7. The van der Waals surface area contributed by atoms with Crippen LogP contribution in [0.3, 0.4) is 0 Å². The Labute approximate surface area is 148 Å². The molecule has 0 radical (unpaired) electrons. The van der Waals surface area contributed by atoms with Gasteiger partial charge in [-0.2, -0.15) is 13.2 Å². The molecule has 0 unspecified atom stereocenters. The summed E-state index contributed by atoms with van der Waals surface area (Å²) in [4.78, 5) is 15.9. The Morgan fingerprint density at radius 2 is 1.69 bits per heavy atom. The van der Waals surface area contributed by atoms with E-state index in [1.165, 1.54) is 6.07 Å². The first-order valence-electron chi connectivity index (χ1n) is 8.15. The second kappa shape index (κ2) is 7.69. The van der Waals surface area contributed by atoms with Crippen molar-refractivity contribution in [1.29, 1.82) is 0 Å². The predicted octanol–water partition coefficient (Wildman–Crippen LogP) is 2.26. The molecule has 1 N–H and O–H groups in total. The maximum Gasteiger partial charge on any atom is 0.435 e. The molecule has 9 heteroatoms. The molecule has 138 valence electrons. The zero-order valence-electron chi connectivity index (χ0n) is 13.9. The zero-order valence-corrected chi connectivity index (χ0v) is 13.9. The number of halogens is 3. The third-order valence-electron chi connectivity index (χ3n) is 4.06. The van der Waals surface area contributed by atoms with Crippen LogP contribution in [0.1, 0.15) is 5.69 Å². The van der Waals surface area contributed by atoms with E-state index in [0.29, 0.717) is 32.0 Å². The number of anilines is 2. The van der Waals surface area contributed by atoms with Crippen LogP contribution >= 0.6 is 0 Å². The average Bonchev–Trinajstić information content (AvgIpc) is 2.62. The Morgan fingerprint density at radius 3 is 2.27 bits per heavy atom. The van der Waals surface area contributed by atoms with Crippen molar-refractivity contribution in [3.05, 3.63) is 48.2 Å². The summed E-state index contributed by atoms with van der Waals surface area (Å²) in [6.45, 7) is 2.63. The van der Waals surface area contributed by atoms with Crippen LogP contribution in [0.25, 0.3) is 0 Å². The molecule has 1 aromatic carbocycles. The molecule has 0 spiro atoms. The van der Waals surface area contributed by atoms with Crippen LogP contribution in [0.2, 0.25) is 0 Å². The summed E-state index contributed by atoms with van der Waals surface area (Å²) in [5.41, 5.74) is -0.256. The molecule has 0 aliphatic carbocycles. The van der Waals surface area contributed by atoms with Gasteiger partial charge in [-0.25, -0.2) is 0 Å². The number of rotatable bonds is 4. The minimum atomic E-state index is -4.49. The zero-order chi connectivity index (χ0) is 18.6. The van der Waals surface area contributed by atoms with Crippen LogP contribution < -0.4 is 10.2 Å². The van der Waals surface area contributed by atoms with Gasteiger partial charge in [-0.05, 0) is 24.3 Å². The summed E-state index contributed by atoms with van der Waals surface area (Å²) in [5, 5.41) is 9.74. The first-order valence-corrected chi connectivity index (χ1v) is 8.15. The predicted molar refractivity (Wildman–Crippen MR) is 90.8 cm³/mol. The Hall–Kier alpha value is -2.68. The molecular formula is C17H18F3N5O. The molecular weight excluding hydrogens is 347 g/mol. The number of carbonyl (C=O) groups is 1. The lowest BCUT2D eigenvalue weighted by molar-refractivity contribution is -0.141. The number of hydrogen-bond acceptors (Lipinski definition) is 5. The standard InChI is InChI=1S/C17H18F3N5O/c18-17(19,20)14-6-7-15(23-22-14)25-10-8-24(9-11-25)12-16(26)21-13-4-2-1-3-5-13/h1-7H,8-12H2,(H,21,26). The Balaban J connectivity index is 1.49. The lowest BCUT2D eigenvalue weighted by atomic mass is 10.3. The van der Waals surface area contributed by atoms with Crippen LogP contribution in [0, 0.1) is 0 Å². The van der Waals surface area contributed by atoms with Gasteiger partial charge >= 0.3 is 6.18 Å². The van der Waals surface area contributed by atoms with Crippen LogP contribution in [0.5, 0.6) is 0 Å². The van der Waals surface area contributed by atoms with Crippen molar-refractivity contribution in [2.45, 2.75) is 6.18 Å². The number of para-hydroxylation sites is 1. The molecule has 3 rings (SSSR count). The van der Waals surface area contributed by atoms with Gasteiger partial charge in [-0.1, -0.05) is 18.2 Å². The van der Waals surface area contributed by atoms with Crippen molar-refractivity contribution < 1.29 is 18.0 Å². The van der Waals surface area contributed by atoms with E-state index in [9.17, 15) is 18.0 Å². The van der Waals surface area contributed by atoms with E-state index in [1.54, 1.807) is 0 Å². The Morgan fingerprint density at radius 1 is 1.00 bits per heavy atom. The lowest BCUT2D eigenvalue weighted by Gasteiger charge is -2.34. The molecule has 2 aromatic rings. The summed E-state index contributed by atoms with van der Waals surface area (Å²) >= 11 is 0. The van der Waals surface area contributed by atoms with Crippen LogP contribution in [-0.2, 0) is 11.0 Å². The number of hydrogen-bond donors (Lipinski definition) is 1. The molecule has 2 heterocycles. The lowest BCUT2D eigenvalue weighted by Crippen LogP contribution is -2.49. The molecule has 1 saturated heterocycles. The Kier molecular flexibility index (Phi) is 5.36. The smallest absolute Gasteiger partial charge is 0.353 e. The van der Waals surface area contributed by atoms with Gasteiger partial charge in [0.1, 0.15) is 0 Å². The summed E-state index contributed by atoms with van der Waals surface area (Å²) in [5.74, 6) is 0.311. The molecule has 1 fully saturated rings. The molecule has 1 amide bonds. The van der Waals surface area contributed by atoms with Crippen molar-refractivity contribution in [2.75, 3.05) is 42.9 Å². The van der Waals surface area contributed by atoms with Crippen molar-refractivity contribution >= 4 is 17.4 Å². The van der Waals surface area contributed by atoms with Crippen LogP contribution in [0.4, 0.5) is 24.7 Å². The van der Waals surface area contributed by atoms with Gasteiger partial charge in [0.15, 0.2) is 11.5 Å². The van der Waals surface area contributed by atoms with Crippen molar-refractivity contribution in [1.82, 2.24) is 15.1 Å². The largest absolute Gasteiger partial charge is 0.435 e. The summed E-state index contributed by atoms with van der Waals surface area (Å²) in [7, 11) is 0. The van der Waals surface area contributed by atoms with Gasteiger partial charge in [0, 0.05) is 31.9 Å². The summed E-state index contributed by atoms with van der Waals surface area (Å²) < 4.78 is 37.6. The SMILES string of the molecule is O=C(CN1CCN(c2ccc(C(F)(F)F)nn2)CC1)Nc1ccccc1. The first kappa shape index (κ1) is 18.1. The minimum Gasteiger partial charge on any atom is -0.353 e. The average molecular weight is 365 g/mol. The van der Waals surface area contributed by atoms with Crippen LogP contribution in [-0.4, -0.2) is 53.7 Å². The molecule has 1 aliphatic rings. The monoisotopic (exact) mass is 365 g/mol. The van der Waals surface area contributed by atoms with Gasteiger partial charge < -0.3 is 10.2 Å². The number of alkyl halides is 3. The molecule has 0 bridgehead atoms. The van der Waals surface area contributed by atoms with Gasteiger partial charge in [-0.3, -0.25) is 9.69 Å². The highest BCUT2D eigenvalue weighted by Crippen LogP contribution is 2.27. The highest BCUT2D eigenvalue weighted by atomic mass is 19.4. The van der Waals surface area contributed by atoms with Crippen LogP contribution in [0.15, 0.2) is 42.5 Å². The van der Waals surface area contributed by atoms with E-state index in [-0.39, 0.29) is 12.5 Å². The van der Waals surface area contributed by atoms with Gasteiger partial charge in [0.25, 0.3) is 0 Å². The minimum absolute atomic E-state index is 0.0982. The van der Waals surface area contributed by atoms with E-state index in [4.69, 9.17) is 0 Å². The second-order valence-electron chi connectivity index (χ2n) is 5.95. The molecule has 26 heavy (non-hydrogen) atoms. The maximum atomic E-state index is 12.5. The van der Waals surface area contributed by atoms with E-state index >= 15 is 0 Å². The number of nitrogens with one attached hydrogen (secondary N) is 1. The second-order valence-corrected chi connectivity index (χ2v) is 5.95. The number of carbonyl (C=O) groups excluding carboxylic acids is 1. The third kappa shape index (κ3) is 4.69. The fourth-order valence-electron chi connectivity index (χ4n) is 2.71. The summed E-state index contributed by atoms with van der Waals surface area (Å²) in [6, 6.07) is 11.5. The number of benzene rings is 1. The fraction of sp³-hybridized carbons (Fsp3) is 0.353. The molecule has 6 nitrogen and oxygen atoms in total. The van der Waals surface area contributed by atoms with E-state index in [1.807, 2.05) is 40.1 Å². The molecule has 1 aliphatic heterocycles. The Bertz CT molecular complexity index is 728. The van der Waals surface area contributed by atoms with Crippen molar-refractivity contribution in [2.24, 2.45) is 0 Å². The van der Waals surface area contributed by atoms with Gasteiger partial charge in [-0.15, -0.1) is 10.2 Å². The topological polar surface area (TPSA) is 61.4 Å². The number of amides is 1. The summed E-state index contributed by atoms with van der Waals surface area (Å²) in [6.07, 6.45) is -4.49. The molecule has 0 atom stereocenters.